The topological polar surface area (TPSA) is 75.0 Å². The summed E-state index contributed by atoms with van der Waals surface area (Å²) in [6.07, 6.45) is 0.729. The molecule has 118 valence electrons. The van der Waals surface area contributed by atoms with E-state index in [0.29, 0.717) is 34.0 Å². The maximum Gasteiger partial charge on any atom is 0.270 e. The van der Waals surface area contributed by atoms with Crippen LogP contribution in [0.3, 0.4) is 0 Å². The van der Waals surface area contributed by atoms with Crippen molar-refractivity contribution in [2.75, 3.05) is 12.3 Å². The zero-order valence-electron chi connectivity index (χ0n) is 11.9. The summed E-state index contributed by atoms with van der Waals surface area (Å²) in [5.41, 5.74) is 8.07. The highest BCUT2D eigenvalue weighted by Crippen LogP contribution is 2.30. The van der Waals surface area contributed by atoms with Crippen LogP contribution in [0.5, 0.6) is 0 Å². The molecule has 0 spiro atoms. The molecule has 3 N–H and O–H groups in total. The number of nitrogen functional groups attached to an aromatic ring is 1. The number of hydrogen-bond donors (Lipinski definition) is 2. The highest BCUT2D eigenvalue weighted by molar-refractivity contribution is 7.15. The lowest BCUT2D eigenvalue weighted by Crippen LogP contribution is -2.35. The highest BCUT2D eigenvalue weighted by Gasteiger charge is 2.25. The number of carbonyl (C=O) groups excluding carboxylic acids is 1. The van der Waals surface area contributed by atoms with Gasteiger partial charge < -0.3 is 15.6 Å². The molecule has 0 aliphatic carbocycles. The summed E-state index contributed by atoms with van der Waals surface area (Å²) in [5.74, 6) is -0.0499. The molecule has 0 unspecified atom stereocenters. The van der Waals surface area contributed by atoms with Gasteiger partial charge in [0.2, 0.25) is 0 Å². The Labute approximate surface area is 146 Å². The molecule has 1 amide bonds. The quantitative estimate of drug-likeness (QED) is 0.689. The van der Waals surface area contributed by atoms with E-state index in [1.54, 1.807) is 23.1 Å². The van der Waals surface area contributed by atoms with Crippen molar-refractivity contribution in [3.8, 4) is 0 Å². The van der Waals surface area contributed by atoms with Gasteiger partial charge >= 0.3 is 0 Å². The number of amides is 1. The number of thiazole rings is 1. The molecule has 0 saturated heterocycles. The van der Waals surface area contributed by atoms with E-state index < -0.39 is 0 Å². The molecule has 3 aromatic rings. The van der Waals surface area contributed by atoms with E-state index in [-0.39, 0.29) is 5.91 Å². The Kier molecular flexibility index (Phi) is 3.48. The molecule has 23 heavy (non-hydrogen) atoms. The van der Waals surface area contributed by atoms with E-state index in [1.807, 2.05) is 0 Å². The number of aromatic nitrogens is 2. The molecule has 2 aromatic heterocycles. The first-order chi connectivity index (χ1) is 11.0. The number of halogens is 2. The molecule has 0 saturated carbocycles. The standard InChI is InChI=1S/C15H12Cl2N4OS/c16-8-3-7-4-12(19-11(7)5-9(8)17)14(22)21-2-1-10-13(6-21)23-15(18)20-10/h3-5,19H,1-2,6H2,(H2,18,20). The third kappa shape index (κ3) is 2.56. The summed E-state index contributed by atoms with van der Waals surface area (Å²) in [6.45, 7) is 1.17. The van der Waals surface area contributed by atoms with E-state index in [9.17, 15) is 4.79 Å². The Morgan fingerprint density at radius 1 is 1.30 bits per heavy atom. The average Bonchev–Trinajstić information content (AvgIpc) is 3.08. The smallest absolute Gasteiger partial charge is 0.270 e. The largest absolute Gasteiger partial charge is 0.375 e. The fourth-order valence-corrected chi connectivity index (χ4v) is 4.03. The molecule has 1 aliphatic heterocycles. The number of hydrogen-bond acceptors (Lipinski definition) is 4. The molecule has 0 radical (unpaired) electrons. The number of nitrogens with one attached hydrogen (secondary N) is 1. The predicted molar refractivity (Wildman–Crippen MR) is 93.3 cm³/mol. The monoisotopic (exact) mass is 366 g/mol. The van der Waals surface area contributed by atoms with Crippen molar-refractivity contribution in [3.05, 3.63) is 44.5 Å². The number of nitrogens with zero attached hydrogens (tertiary/aromatic N) is 2. The molecule has 8 heteroatoms. The van der Waals surface area contributed by atoms with Gasteiger partial charge in [0, 0.05) is 28.7 Å². The predicted octanol–water partition coefficient (Wildman–Crippen LogP) is 3.71. The fourth-order valence-electron chi connectivity index (χ4n) is 2.80. The van der Waals surface area contributed by atoms with Gasteiger partial charge in [0.05, 0.1) is 22.3 Å². The normalized spacial score (nSPS) is 14.3. The second-order valence-corrected chi connectivity index (χ2v) is 7.36. The van der Waals surface area contributed by atoms with Crippen LogP contribution in [0, 0.1) is 0 Å². The van der Waals surface area contributed by atoms with Crippen molar-refractivity contribution in [3.63, 3.8) is 0 Å². The van der Waals surface area contributed by atoms with Crippen LogP contribution in [0.1, 0.15) is 21.1 Å². The maximum absolute atomic E-state index is 12.7. The zero-order chi connectivity index (χ0) is 16.1. The molecule has 5 nitrogen and oxygen atoms in total. The third-order valence-electron chi connectivity index (χ3n) is 3.93. The lowest BCUT2D eigenvalue weighted by molar-refractivity contribution is 0.0731. The summed E-state index contributed by atoms with van der Waals surface area (Å²) >= 11 is 13.5. The van der Waals surface area contributed by atoms with Crippen LogP contribution in [-0.2, 0) is 13.0 Å². The highest BCUT2D eigenvalue weighted by atomic mass is 35.5. The Hall–Kier alpha value is -1.76. The lowest BCUT2D eigenvalue weighted by Gasteiger charge is -2.25. The van der Waals surface area contributed by atoms with Crippen molar-refractivity contribution >= 4 is 56.5 Å². The Morgan fingerprint density at radius 3 is 2.91 bits per heavy atom. The lowest BCUT2D eigenvalue weighted by atomic mass is 10.1. The molecule has 0 bridgehead atoms. The van der Waals surface area contributed by atoms with Crippen molar-refractivity contribution < 1.29 is 4.79 Å². The summed E-state index contributed by atoms with van der Waals surface area (Å²) < 4.78 is 0. The number of rotatable bonds is 1. The first kappa shape index (κ1) is 14.8. The minimum Gasteiger partial charge on any atom is -0.375 e. The van der Waals surface area contributed by atoms with Gasteiger partial charge in [0.15, 0.2) is 5.13 Å². The van der Waals surface area contributed by atoms with Gasteiger partial charge in [0.25, 0.3) is 5.91 Å². The Balaban J connectivity index is 1.64. The van der Waals surface area contributed by atoms with Crippen LogP contribution < -0.4 is 5.73 Å². The SMILES string of the molecule is Nc1nc2c(s1)CN(C(=O)c1cc3cc(Cl)c(Cl)cc3[nH]1)CC2. The third-order valence-corrected chi connectivity index (χ3v) is 5.56. The summed E-state index contributed by atoms with van der Waals surface area (Å²) in [5, 5.41) is 2.35. The number of carbonyl (C=O) groups is 1. The summed E-state index contributed by atoms with van der Waals surface area (Å²) in [4.78, 5) is 23.0. The van der Waals surface area contributed by atoms with Crippen LogP contribution in [0.2, 0.25) is 10.0 Å². The molecule has 0 atom stereocenters. The average molecular weight is 367 g/mol. The second kappa shape index (κ2) is 5.40. The van der Waals surface area contributed by atoms with Gasteiger partial charge in [-0.15, -0.1) is 11.3 Å². The van der Waals surface area contributed by atoms with Crippen molar-refractivity contribution in [2.45, 2.75) is 13.0 Å². The Bertz CT molecular complexity index is 894. The molecule has 1 aliphatic rings. The second-order valence-electron chi connectivity index (χ2n) is 5.44. The number of nitrogens with two attached hydrogens (primary N) is 1. The Morgan fingerprint density at radius 2 is 2.09 bits per heavy atom. The number of benzene rings is 1. The van der Waals surface area contributed by atoms with Gasteiger partial charge in [-0.05, 0) is 18.2 Å². The van der Waals surface area contributed by atoms with Gasteiger partial charge in [-0.3, -0.25) is 4.79 Å². The van der Waals surface area contributed by atoms with Crippen LogP contribution in [-0.4, -0.2) is 27.3 Å². The van der Waals surface area contributed by atoms with Gasteiger partial charge in [-0.2, -0.15) is 0 Å². The first-order valence-corrected chi connectivity index (χ1v) is 8.59. The van der Waals surface area contributed by atoms with Crippen LogP contribution in [0.25, 0.3) is 10.9 Å². The van der Waals surface area contributed by atoms with Crippen LogP contribution >= 0.6 is 34.5 Å². The molecule has 1 aromatic carbocycles. The zero-order valence-corrected chi connectivity index (χ0v) is 14.2. The van der Waals surface area contributed by atoms with Gasteiger partial charge in [0.1, 0.15) is 5.69 Å². The van der Waals surface area contributed by atoms with Gasteiger partial charge in [-0.1, -0.05) is 23.2 Å². The van der Waals surface area contributed by atoms with Crippen molar-refractivity contribution in [1.29, 1.82) is 0 Å². The molecular formula is C15H12Cl2N4OS. The van der Waals surface area contributed by atoms with Crippen LogP contribution in [0.4, 0.5) is 5.13 Å². The van der Waals surface area contributed by atoms with E-state index in [2.05, 4.69) is 9.97 Å². The van der Waals surface area contributed by atoms with E-state index in [4.69, 9.17) is 28.9 Å². The molecule has 4 rings (SSSR count). The van der Waals surface area contributed by atoms with Gasteiger partial charge in [-0.25, -0.2) is 4.98 Å². The molecule has 3 heterocycles. The minimum absolute atomic E-state index is 0.0499. The molecule has 0 fully saturated rings. The van der Waals surface area contributed by atoms with Crippen molar-refractivity contribution in [2.24, 2.45) is 0 Å². The van der Waals surface area contributed by atoms with Crippen molar-refractivity contribution in [1.82, 2.24) is 14.9 Å². The van der Waals surface area contributed by atoms with E-state index in [1.165, 1.54) is 11.3 Å². The summed E-state index contributed by atoms with van der Waals surface area (Å²) in [7, 11) is 0. The number of fused-ring (bicyclic) bond motifs is 2. The number of aromatic amines is 1. The van der Waals surface area contributed by atoms with Crippen LogP contribution in [0.15, 0.2) is 18.2 Å². The molecular weight excluding hydrogens is 355 g/mol. The first-order valence-electron chi connectivity index (χ1n) is 7.02. The maximum atomic E-state index is 12.7. The summed E-state index contributed by atoms with van der Waals surface area (Å²) in [6, 6.07) is 5.29. The fraction of sp³-hybridized carbons (Fsp3) is 0.200. The van der Waals surface area contributed by atoms with E-state index >= 15 is 0 Å². The number of anilines is 1. The number of H-pyrrole nitrogens is 1. The minimum atomic E-state index is -0.0499. The van der Waals surface area contributed by atoms with E-state index in [0.717, 1.165) is 27.9 Å².